The van der Waals surface area contributed by atoms with Crippen molar-refractivity contribution in [3.63, 3.8) is 0 Å². The van der Waals surface area contributed by atoms with Crippen LogP contribution in [0.2, 0.25) is 0 Å². The number of amides is 1. The number of nitrogens with two attached hydrogens (primary N) is 1. The number of rotatable bonds is 9. The van der Waals surface area contributed by atoms with Crippen LogP contribution in [0.25, 0.3) is 0 Å². The molecule has 1 aromatic rings. The van der Waals surface area contributed by atoms with Gasteiger partial charge in [0, 0.05) is 19.5 Å². The first-order valence-corrected chi connectivity index (χ1v) is 6.98. The SMILES string of the molecule is CC(C)CC(CNC(=O)Cn1cc(CN)nn1)CC(=O)O. The van der Waals surface area contributed by atoms with Crippen molar-refractivity contribution in [3.8, 4) is 0 Å². The van der Waals surface area contributed by atoms with Crippen LogP contribution in [0.15, 0.2) is 6.20 Å². The average Bonchev–Trinajstić information content (AvgIpc) is 2.82. The summed E-state index contributed by atoms with van der Waals surface area (Å²) in [6.07, 6.45) is 2.43. The Hall–Kier alpha value is -1.96. The Morgan fingerprint density at radius 1 is 1.48 bits per heavy atom. The monoisotopic (exact) mass is 297 g/mol. The van der Waals surface area contributed by atoms with Gasteiger partial charge >= 0.3 is 5.97 Å². The van der Waals surface area contributed by atoms with Gasteiger partial charge in [-0.1, -0.05) is 19.1 Å². The van der Waals surface area contributed by atoms with Gasteiger partial charge in [-0.15, -0.1) is 5.10 Å². The van der Waals surface area contributed by atoms with E-state index in [4.69, 9.17) is 10.8 Å². The second-order valence-electron chi connectivity index (χ2n) is 5.51. The summed E-state index contributed by atoms with van der Waals surface area (Å²) in [6.45, 7) is 4.73. The Morgan fingerprint density at radius 3 is 2.71 bits per heavy atom. The molecule has 1 unspecified atom stereocenters. The summed E-state index contributed by atoms with van der Waals surface area (Å²) in [5.74, 6) is -0.753. The molecule has 1 aromatic heterocycles. The summed E-state index contributed by atoms with van der Waals surface area (Å²) in [4.78, 5) is 22.6. The Bertz CT molecular complexity index is 472. The van der Waals surface area contributed by atoms with E-state index in [0.29, 0.717) is 18.2 Å². The second kappa shape index (κ2) is 8.35. The van der Waals surface area contributed by atoms with Crippen molar-refractivity contribution in [2.75, 3.05) is 6.54 Å². The van der Waals surface area contributed by atoms with Crippen LogP contribution in [0.1, 0.15) is 32.4 Å². The van der Waals surface area contributed by atoms with E-state index in [0.717, 1.165) is 6.42 Å². The van der Waals surface area contributed by atoms with Gasteiger partial charge in [0.1, 0.15) is 6.54 Å². The van der Waals surface area contributed by atoms with E-state index < -0.39 is 5.97 Å². The molecule has 1 rings (SSSR count). The molecule has 0 fully saturated rings. The van der Waals surface area contributed by atoms with Crippen molar-refractivity contribution in [1.29, 1.82) is 0 Å². The first-order chi connectivity index (χ1) is 9.90. The lowest BCUT2D eigenvalue weighted by Crippen LogP contribution is -2.33. The number of aliphatic carboxylic acids is 1. The van der Waals surface area contributed by atoms with Crippen LogP contribution < -0.4 is 11.1 Å². The zero-order chi connectivity index (χ0) is 15.8. The molecule has 0 saturated heterocycles. The zero-order valence-electron chi connectivity index (χ0n) is 12.5. The molecule has 1 atom stereocenters. The number of nitrogens with one attached hydrogen (secondary N) is 1. The minimum Gasteiger partial charge on any atom is -0.481 e. The van der Waals surface area contributed by atoms with Gasteiger partial charge in [-0.05, 0) is 18.3 Å². The minimum absolute atomic E-state index is 0.0501. The second-order valence-corrected chi connectivity index (χ2v) is 5.51. The predicted molar refractivity (Wildman–Crippen MR) is 76.1 cm³/mol. The van der Waals surface area contributed by atoms with E-state index in [1.807, 2.05) is 13.8 Å². The smallest absolute Gasteiger partial charge is 0.303 e. The van der Waals surface area contributed by atoms with Crippen molar-refractivity contribution in [1.82, 2.24) is 20.3 Å². The third-order valence-electron chi connectivity index (χ3n) is 2.96. The molecule has 0 spiro atoms. The predicted octanol–water partition coefficient (Wildman–Crippen LogP) is -0.01000. The number of carboxylic acids is 1. The summed E-state index contributed by atoms with van der Waals surface area (Å²) in [5, 5.41) is 19.2. The fourth-order valence-corrected chi connectivity index (χ4v) is 2.12. The highest BCUT2D eigenvalue weighted by Crippen LogP contribution is 2.14. The molecule has 0 aliphatic rings. The molecule has 1 amide bonds. The maximum absolute atomic E-state index is 11.8. The molecule has 8 nitrogen and oxygen atoms in total. The van der Waals surface area contributed by atoms with Crippen LogP contribution in [0.3, 0.4) is 0 Å². The maximum atomic E-state index is 11.8. The molecule has 0 aliphatic heterocycles. The van der Waals surface area contributed by atoms with Crippen molar-refractivity contribution in [3.05, 3.63) is 11.9 Å². The molecule has 1 heterocycles. The number of aromatic nitrogens is 3. The summed E-state index contributed by atoms with van der Waals surface area (Å²) >= 11 is 0. The quantitative estimate of drug-likeness (QED) is 0.589. The molecule has 21 heavy (non-hydrogen) atoms. The fraction of sp³-hybridized carbons (Fsp3) is 0.692. The zero-order valence-corrected chi connectivity index (χ0v) is 12.5. The van der Waals surface area contributed by atoms with Gasteiger partial charge in [-0.2, -0.15) is 0 Å². The van der Waals surface area contributed by atoms with E-state index in [2.05, 4.69) is 15.6 Å². The lowest BCUT2D eigenvalue weighted by molar-refractivity contribution is -0.138. The van der Waals surface area contributed by atoms with Gasteiger partial charge in [-0.3, -0.25) is 9.59 Å². The van der Waals surface area contributed by atoms with Gasteiger partial charge in [-0.25, -0.2) is 4.68 Å². The van der Waals surface area contributed by atoms with E-state index in [9.17, 15) is 9.59 Å². The van der Waals surface area contributed by atoms with Gasteiger partial charge in [0.05, 0.1) is 11.9 Å². The number of carboxylic acid groups (broad SMARTS) is 1. The molecule has 0 aromatic carbocycles. The number of nitrogens with zero attached hydrogens (tertiary/aromatic N) is 3. The topological polar surface area (TPSA) is 123 Å². The van der Waals surface area contributed by atoms with E-state index >= 15 is 0 Å². The van der Waals surface area contributed by atoms with Crippen LogP contribution >= 0.6 is 0 Å². The van der Waals surface area contributed by atoms with Gasteiger partial charge in [0.15, 0.2) is 0 Å². The number of hydrogen-bond acceptors (Lipinski definition) is 5. The van der Waals surface area contributed by atoms with Gasteiger partial charge < -0.3 is 16.2 Å². The van der Waals surface area contributed by atoms with Crippen molar-refractivity contribution in [2.24, 2.45) is 17.6 Å². The minimum atomic E-state index is -0.848. The molecule has 118 valence electrons. The number of carbonyl (C=O) groups excluding carboxylic acids is 1. The average molecular weight is 297 g/mol. The summed E-state index contributed by atoms with van der Waals surface area (Å²) in [5.41, 5.74) is 6.03. The molecule has 0 aliphatic carbocycles. The fourth-order valence-electron chi connectivity index (χ4n) is 2.12. The normalized spacial score (nSPS) is 12.4. The molecular weight excluding hydrogens is 274 g/mol. The van der Waals surface area contributed by atoms with Crippen molar-refractivity contribution >= 4 is 11.9 Å². The van der Waals surface area contributed by atoms with Gasteiger partial charge in [0.25, 0.3) is 0 Å². The van der Waals surface area contributed by atoms with Crippen LogP contribution in [0.4, 0.5) is 0 Å². The van der Waals surface area contributed by atoms with Crippen molar-refractivity contribution in [2.45, 2.75) is 39.8 Å². The Morgan fingerprint density at radius 2 is 2.19 bits per heavy atom. The lowest BCUT2D eigenvalue weighted by Gasteiger charge is -2.17. The highest BCUT2D eigenvalue weighted by Gasteiger charge is 2.16. The highest BCUT2D eigenvalue weighted by molar-refractivity contribution is 5.75. The Balaban J connectivity index is 2.42. The van der Waals surface area contributed by atoms with E-state index in [1.54, 1.807) is 6.20 Å². The summed E-state index contributed by atoms with van der Waals surface area (Å²) < 4.78 is 1.41. The molecule has 0 radical (unpaired) electrons. The van der Waals surface area contributed by atoms with Crippen LogP contribution in [0, 0.1) is 11.8 Å². The molecule has 0 saturated carbocycles. The summed E-state index contributed by atoms with van der Waals surface area (Å²) in [7, 11) is 0. The Labute approximate surface area is 123 Å². The van der Waals surface area contributed by atoms with E-state index in [1.165, 1.54) is 4.68 Å². The first kappa shape index (κ1) is 17.1. The first-order valence-electron chi connectivity index (χ1n) is 6.98. The van der Waals surface area contributed by atoms with Crippen LogP contribution in [0.5, 0.6) is 0 Å². The Kier molecular flexibility index (Phi) is 6.80. The van der Waals surface area contributed by atoms with Crippen molar-refractivity contribution < 1.29 is 14.7 Å². The lowest BCUT2D eigenvalue weighted by atomic mass is 9.94. The highest BCUT2D eigenvalue weighted by atomic mass is 16.4. The molecular formula is C13H23N5O3. The summed E-state index contributed by atoms with van der Waals surface area (Å²) in [6, 6.07) is 0. The molecule has 4 N–H and O–H groups in total. The standard InChI is InChI=1S/C13H23N5O3/c1-9(2)3-10(4-13(20)21)6-15-12(19)8-18-7-11(5-14)16-17-18/h7,9-10H,3-6,8,14H2,1-2H3,(H,15,19)(H,20,21). The largest absolute Gasteiger partial charge is 0.481 e. The third kappa shape index (κ3) is 6.84. The number of carbonyl (C=O) groups is 2. The maximum Gasteiger partial charge on any atom is 0.303 e. The third-order valence-corrected chi connectivity index (χ3v) is 2.96. The van der Waals surface area contributed by atoms with Crippen LogP contribution in [-0.4, -0.2) is 38.5 Å². The molecule has 0 bridgehead atoms. The van der Waals surface area contributed by atoms with Gasteiger partial charge in [0.2, 0.25) is 5.91 Å². The number of hydrogen-bond donors (Lipinski definition) is 3. The molecule has 8 heteroatoms. The van der Waals surface area contributed by atoms with E-state index in [-0.39, 0.29) is 31.3 Å². The van der Waals surface area contributed by atoms with Crippen LogP contribution in [-0.2, 0) is 22.7 Å².